The Balaban J connectivity index is 2.93. The van der Waals surface area contributed by atoms with Crippen LogP contribution in [0.25, 0.3) is 0 Å². The lowest BCUT2D eigenvalue weighted by Gasteiger charge is -2.17. The number of rotatable bonds is 6. The van der Waals surface area contributed by atoms with E-state index in [2.05, 4.69) is 10.6 Å². The maximum atomic E-state index is 13.5. The van der Waals surface area contributed by atoms with Crippen LogP contribution in [0.1, 0.15) is 10.4 Å². The summed E-state index contributed by atoms with van der Waals surface area (Å²) < 4.78 is 36.2. The summed E-state index contributed by atoms with van der Waals surface area (Å²) in [7, 11) is -3.58. The van der Waals surface area contributed by atoms with E-state index in [1.54, 1.807) is 6.07 Å². The van der Waals surface area contributed by atoms with Gasteiger partial charge < -0.3 is 10.6 Å². The molecule has 118 valence electrons. The molecule has 1 aromatic carbocycles. The first-order chi connectivity index (χ1) is 10.2. The third-order valence-electron chi connectivity index (χ3n) is 2.55. The summed E-state index contributed by atoms with van der Waals surface area (Å²) in [6.45, 7) is -0.339. The molecule has 1 unspecified atom stereocenters. The minimum Gasteiger partial charge on any atom is -0.341 e. The highest BCUT2D eigenvalue weighted by atomic mass is 32.2. The van der Waals surface area contributed by atoms with Gasteiger partial charge in [-0.2, -0.15) is 5.26 Å². The number of hydrogen-bond donors (Lipinski definition) is 2. The summed E-state index contributed by atoms with van der Waals surface area (Å²) in [6.07, 6.45) is 0.896. The number of amides is 2. The van der Waals surface area contributed by atoms with E-state index in [0.717, 1.165) is 12.3 Å². The number of nitrogens with zero attached hydrogens (tertiary/aromatic N) is 1. The zero-order valence-corrected chi connectivity index (χ0v) is 12.5. The van der Waals surface area contributed by atoms with Crippen LogP contribution in [0.3, 0.4) is 0 Å². The first kappa shape index (κ1) is 17.6. The number of benzene rings is 1. The Kier molecular flexibility index (Phi) is 6.00. The van der Waals surface area contributed by atoms with Gasteiger partial charge in [0.2, 0.25) is 5.91 Å². The van der Waals surface area contributed by atoms with Gasteiger partial charge in [0.25, 0.3) is 5.91 Å². The minimum absolute atomic E-state index is 0.311. The average molecular weight is 327 g/mol. The molecule has 0 aliphatic heterocycles. The molecule has 0 heterocycles. The van der Waals surface area contributed by atoms with Crippen LogP contribution in [-0.2, 0) is 14.6 Å². The summed E-state index contributed by atoms with van der Waals surface area (Å²) in [6, 6.07) is 5.32. The normalized spacial score (nSPS) is 12.0. The predicted molar refractivity (Wildman–Crippen MR) is 76.0 cm³/mol. The minimum atomic E-state index is -3.58. The molecule has 0 saturated carbocycles. The van der Waals surface area contributed by atoms with Crippen LogP contribution < -0.4 is 10.6 Å². The van der Waals surface area contributed by atoms with Crippen molar-refractivity contribution in [3.63, 3.8) is 0 Å². The number of nitrogens with one attached hydrogen (secondary N) is 2. The fourth-order valence-electron chi connectivity index (χ4n) is 1.62. The Morgan fingerprint density at radius 3 is 2.55 bits per heavy atom. The highest BCUT2D eigenvalue weighted by Gasteiger charge is 2.26. The van der Waals surface area contributed by atoms with Crippen molar-refractivity contribution in [2.45, 2.75) is 6.04 Å². The van der Waals surface area contributed by atoms with Crippen molar-refractivity contribution in [1.29, 1.82) is 5.26 Å². The zero-order valence-electron chi connectivity index (χ0n) is 11.7. The van der Waals surface area contributed by atoms with Gasteiger partial charge in [-0.15, -0.1) is 0 Å². The van der Waals surface area contributed by atoms with Crippen LogP contribution in [0.5, 0.6) is 0 Å². The van der Waals surface area contributed by atoms with Crippen molar-refractivity contribution in [2.24, 2.45) is 0 Å². The SMILES string of the molecule is CS(=O)(=O)CC(NC(=O)c1ccccc1F)C(=O)NCC#N. The molecular formula is C13H14FN3O4S. The maximum Gasteiger partial charge on any atom is 0.254 e. The van der Waals surface area contributed by atoms with Crippen molar-refractivity contribution in [3.8, 4) is 6.07 Å². The van der Waals surface area contributed by atoms with Crippen molar-refractivity contribution in [3.05, 3.63) is 35.6 Å². The molecule has 9 heteroatoms. The zero-order chi connectivity index (χ0) is 16.8. The molecule has 1 aromatic rings. The van der Waals surface area contributed by atoms with Crippen LogP contribution >= 0.6 is 0 Å². The number of halogens is 1. The number of carbonyl (C=O) groups excluding carboxylic acids is 2. The third kappa shape index (κ3) is 5.49. The molecule has 0 fully saturated rings. The summed E-state index contributed by atoms with van der Waals surface area (Å²) >= 11 is 0. The fraction of sp³-hybridized carbons (Fsp3) is 0.308. The second kappa shape index (κ2) is 7.51. The topological polar surface area (TPSA) is 116 Å². The van der Waals surface area contributed by atoms with Gasteiger partial charge in [-0.1, -0.05) is 12.1 Å². The van der Waals surface area contributed by atoms with Crippen LogP contribution in [0.4, 0.5) is 4.39 Å². The molecule has 0 aliphatic carbocycles. The van der Waals surface area contributed by atoms with E-state index in [1.165, 1.54) is 18.2 Å². The van der Waals surface area contributed by atoms with Crippen molar-refractivity contribution in [1.82, 2.24) is 10.6 Å². The lowest BCUT2D eigenvalue weighted by Crippen LogP contribution is -2.50. The van der Waals surface area contributed by atoms with E-state index in [0.29, 0.717) is 0 Å². The van der Waals surface area contributed by atoms with E-state index in [-0.39, 0.29) is 12.1 Å². The molecule has 7 nitrogen and oxygen atoms in total. The summed E-state index contributed by atoms with van der Waals surface area (Å²) in [5.41, 5.74) is -0.311. The van der Waals surface area contributed by atoms with Crippen molar-refractivity contribution >= 4 is 21.7 Å². The molecule has 22 heavy (non-hydrogen) atoms. The van der Waals surface area contributed by atoms with Gasteiger partial charge in [0.05, 0.1) is 17.4 Å². The van der Waals surface area contributed by atoms with E-state index in [9.17, 15) is 22.4 Å². The van der Waals surface area contributed by atoms with E-state index in [1.807, 2.05) is 0 Å². The molecule has 0 aliphatic rings. The molecule has 0 aromatic heterocycles. The van der Waals surface area contributed by atoms with Gasteiger partial charge in [-0.25, -0.2) is 12.8 Å². The quantitative estimate of drug-likeness (QED) is 0.690. The second-order valence-corrected chi connectivity index (χ2v) is 6.66. The molecule has 2 amide bonds. The van der Waals surface area contributed by atoms with Gasteiger partial charge in [0.15, 0.2) is 0 Å². The Labute approximate surface area is 127 Å². The highest BCUT2D eigenvalue weighted by Crippen LogP contribution is 2.06. The van der Waals surface area contributed by atoms with Gasteiger partial charge in [0, 0.05) is 6.26 Å². The van der Waals surface area contributed by atoms with Crippen molar-refractivity contribution in [2.75, 3.05) is 18.6 Å². The van der Waals surface area contributed by atoms with Gasteiger partial charge in [-0.3, -0.25) is 9.59 Å². The molecule has 0 spiro atoms. The monoisotopic (exact) mass is 327 g/mol. The molecule has 1 atom stereocenters. The van der Waals surface area contributed by atoms with E-state index >= 15 is 0 Å². The first-order valence-electron chi connectivity index (χ1n) is 6.12. The van der Waals surface area contributed by atoms with Crippen LogP contribution in [0.2, 0.25) is 0 Å². The Morgan fingerprint density at radius 2 is 2.00 bits per heavy atom. The fourth-order valence-corrected chi connectivity index (χ4v) is 2.46. The van der Waals surface area contributed by atoms with Crippen LogP contribution in [-0.4, -0.2) is 44.8 Å². The Hall–Kier alpha value is -2.47. The molecule has 0 saturated heterocycles. The number of nitriles is 1. The van der Waals surface area contributed by atoms with Crippen molar-refractivity contribution < 1.29 is 22.4 Å². The molecule has 1 rings (SSSR count). The van der Waals surface area contributed by atoms with E-state index < -0.39 is 39.3 Å². The van der Waals surface area contributed by atoms with Gasteiger partial charge in [0.1, 0.15) is 28.2 Å². The largest absolute Gasteiger partial charge is 0.341 e. The average Bonchev–Trinajstić information content (AvgIpc) is 2.42. The third-order valence-corrected chi connectivity index (χ3v) is 3.49. The van der Waals surface area contributed by atoms with Gasteiger partial charge in [-0.05, 0) is 12.1 Å². The summed E-state index contributed by atoms with van der Waals surface area (Å²) in [4.78, 5) is 23.7. The number of sulfone groups is 1. The lowest BCUT2D eigenvalue weighted by molar-refractivity contribution is -0.122. The smallest absolute Gasteiger partial charge is 0.254 e. The Morgan fingerprint density at radius 1 is 1.36 bits per heavy atom. The standard InChI is InChI=1S/C13H14FN3O4S/c1-22(20,21)8-11(13(19)16-7-6-15)17-12(18)9-4-2-3-5-10(9)14/h2-5,11H,7-8H2,1H3,(H,16,19)(H,17,18). The number of carbonyl (C=O) groups is 2. The second-order valence-electron chi connectivity index (χ2n) is 4.47. The Bertz CT molecular complexity index is 712. The predicted octanol–water partition coefficient (Wildman–Crippen LogP) is -0.392. The molecular weight excluding hydrogens is 313 g/mol. The maximum absolute atomic E-state index is 13.5. The highest BCUT2D eigenvalue weighted by molar-refractivity contribution is 7.90. The van der Waals surface area contributed by atoms with E-state index in [4.69, 9.17) is 5.26 Å². The molecule has 2 N–H and O–H groups in total. The summed E-state index contributed by atoms with van der Waals surface area (Å²) in [5.74, 6) is -3.21. The molecule has 0 bridgehead atoms. The number of hydrogen-bond acceptors (Lipinski definition) is 5. The van der Waals surface area contributed by atoms with Crippen LogP contribution in [0.15, 0.2) is 24.3 Å². The molecule has 0 radical (unpaired) electrons. The lowest BCUT2D eigenvalue weighted by atomic mass is 10.2. The van der Waals surface area contributed by atoms with Crippen LogP contribution in [0, 0.1) is 17.1 Å². The van der Waals surface area contributed by atoms with Gasteiger partial charge >= 0.3 is 0 Å². The summed E-state index contributed by atoms with van der Waals surface area (Å²) in [5, 5.41) is 12.7. The first-order valence-corrected chi connectivity index (χ1v) is 8.18.